The van der Waals surface area contributed by atoms with E-state index in [2.05, 4.69) is 12.6 Å². The van der Waals surface area contributed by atoms with Gasteiger partial charge < -0.3 is 10.8 Å². The number of aliphatic carboxylic acids is 1. The van der Waals surface area contributed by atoms with Gasteiger partial charge in [0.05, 0.1) is 9.85 Å². The van der Waals surface area contributed by atoms with E-state index in [1.807, 2.05) is 0 Å². The highest BCUT2D eigenvalue weighted by Crippen LogP contribution is 2.38. The highest BCUT2D eigenvalue weighted by molar-refractivity contribution is 8.76. The molecule has 12 heteroatoms. The molecule has 0 aliphatic carbocycles. The Bertz CT molecular complexity index is 729. The summed E-state index contributed by atoms with van der Waals surface area (Å²) in [5, 5.41) is 29.0. The van der Waals surface area contributed by atoms with Gasteiger partial charge >= 0.3 is 5.97 Å². The molecule has 0 aliphatic rings. The molecular formula is C15H15N3O6S3. The van der Waals surface area contributed by atoms with Gasteiger partial charge in [-0.05, 0) is 24.3 Å². The second-order valence-corrected chi connectivity index (χ2v) is 7.44. The number of nitro benzene ring substituents is 2. The maximum Gasteiger partial charge on any atom is 0.321 e. The van der Waals surface area contributed by atoms with Gasteiger partial charge in [0.2, 0.25) is 0 Å². The Balaban J connectivity index is 0.000000445. The van der Waals surface area contributed by atoms with Crippen LogP contribution in [0.3, 0.4) is 0 Å². The number of non-ortho nitro benzene ring substituents is 2. The number of thiol groups is 1. The number of carbonyl (C=O) groups is 1. The Labute approximate surface area is 167 Å². The number of rotatable bonds is 7. The molecule has 0 bridgehead atoms. The summed E-state index contributed by atoms with van der Waals surface area (Å²) in [5.74, 6) is -0.815. The van der Waals surface area contributed by atoms with Crippen LogP contribution in [0.1, 0.15) is 0 Å². The molecule has 0 saturated carbocycles. The molecule has 3 N–H and O–H groups in total. The van der Waals surface area contributed by atoms with E-state index in [1.54, 1.807) is 24.3 Å². The quantitative estimate of drug-likeness (QED) is 0.259. The summed E-state index contributed by atoms with van der Waals surface area (Å²) in [6.07, 6.45) is 0. The Morgan fingerprint density at radius 2 is 1.30 bits per heavy atom. The molecule has 9 nitrogen and oxygen atoms in total. The summed E-state index contributed by atoms with van der Waals surface area (Å²) in [4.78, 5) is 31.6. The molecule has 0 aromatic heterocycles. The molecule has 144 valence electrons. The van der Waals surface area contributed by atoms with Crippen molar-refractivity contribution in [3.05, 3.63) is 68.8 Å². The summed E-state index contributed by atoms with van der Waals surface area (Å²) in [6.45, 7) is 0. The van der Waals surface area contributed by atoms with Crippen molar-refractivity contribution < 1.29 is 19.7 Å². The van der Waals surface area contributed by atoms with Crippen molar-refractivity contribution in [2.24, 2.45) is 5.73 Å². The molecule has 0 unspecified atom stereocenters. The largest absolute Gasteiger partial charge is 0.480 e. The van der Waals surface area contributed by atoms with Gasteiger partial charge in [-0.1, -0.05) is 21.6 Å². The zero-order valence-corrected chi connectivity index (χ0v) is 16.2. The van der Waals surface area contributed by atoms with Crippen molar-refractivity contribution in [1.29, 1.82) is 0 Å². The Morgan fingerprint density at radius 1 is 0.963 bits per heavy atom. The van der Waals surface area contributed by atoms with Crippen LogP contribution in [0, 0.1) is 20.2 Å². The Kier molecular flexibility index (Phi) is 9.64. The van der Waals surface area contributed by atoms with E-state index in [0.717, 1.165) is 9.79 Å². The minimum absolute atomic E-state index is 0.0506. The first-order chi connectivity index (χ1) is 12.7. The lowest BCUT2D eigenvalue weighted by atomic mass is 10.3. The van der Waals surface area contributed by atoms with Gasteiger partial charge in [-0.3, -0.25) is 25.0 Å². The number of carboxylic acids is 1. The van der Waals surface area contributed by atoms with Crippen molar-refractivity contribution in [1.82, 2.24) is 0 Å². The number of hydrogen-bond donors (Lipinski definition) is 3. The number of nitrogens with zero attached hydrogens (tertiary/aromatic N) is 2. The van der Waals surface area contributed by atoms with Crippen LogP contribution in [0.5, 0.6) is 0 Å². The standard InChI is InChI=1S/C12H8N2O4S2.C3H7NO2S/c15-13(16)9-1-5-11(6-2-9)19-20-12-7-3-10(4-8-12)14(17)18;4-2(1-7)3(5)6/h1-8H;2,7H,1,4H2,(H,5,6)/t;2-/m.0/s1. The average Bonchev–Trinajstić information content (AvgIpc) is 2.66. The second-order valence-electron chi connectivity index (χ2n) is 4.80. The van der Waals surface area contributed by atoms with Gasteiger partial charge in [0.25, 0.3) is 11.4 Å². The van der Waals surface area contributed by atoms with Crippen molar-refractivity contribution in [3.8, 4) is 0 Å². The number of nitrogens with two attached hydrogens (primary N) is 1. The zero-order chi connectivity index (χ0) is 20.4. The van der Waals surface area contributed by atoms with E-state index in [9.17, 15) is 25.0 Å². The molecule has 0 fully saturated rings. The van der Waals surface area contributed by atoms with Gasteiger partial charge in [0, 0.05) is 39.8 Å². The highest BCUT2D eigenvalue weighted by atomic mass is 33.1. The van der Waals surface area contributed by atoms with Gasteiger partial charge in [-0.15, -0.1) is 0 Å². The molecule has 0 spiro atoms. The highest BCUT2D eigenvalue weighted by Gasteiger charge is 2.07. The number of benzene rings is 2. The molecule has 0 saturated heterocycles. The molecular weight excluding hydrogens is 414 g/mol. The molecule has 2 rings (SSSR count). The summed E-state index contributed by atoms with van der Waals surface area (Å²) >= 11 is 3.65. The van der Waals surface area contributed by atoms with Crippen LogP contribution in [-0.2, 0) is 4.79 Å². The SMILES string of the molecule is N[C@@H](CS)C(=O)O.O=[N+]([O-])c1ccc(SSc2ccc([N+](=O)[O-])cc2)cc1. The first-order valence-electron chi connectivity index (χ1n) is 7.17. The van der Waals surface area contributed by atoms with Crippen LogP contribution in [0.4, 0.5) is 11.4 Å². The maximum absolute atomic E-state index is 10.5. The van der Waals surface area contributed by atoms with Crippen molar-refractivity contribution in [2.45, 2.75) is 15.8 Å². The molecule has 1 atom stereocenters. The van der Waals surface area contributed by atoms with Gasteiger partial charge in [-0.25, -0.2) is 0 Å². The second kappa shape index (κ2) is 11.4. The smallest absolute Gasteiger partial charge is 0.321 e. The Hall–Kier alpha value is -2.28. The fourth-order valence-corrected chi connectivity index (χ4v) is 3.51. The van der Waals surface area contributed by atoms with Crippen LogP contribution < -0.4 is 5.73 Å². The number of nitro groups is 2. The topological polar surface area (TPSA) is 150 Å². The normalized spacial score (nSPS) is 11.0. The van der Waals surface area contributed by atoms with Gasteiger partial charge in [0.1, 0.15) is 6.04 Å². The van der Waals surface area contributed by atoms with Crippen molar-refractivity contribution >= 4 is 51.6 Å². The van der Waals surface area contributed by atoms with E-state index < -0.39 is 21.9 Å². The Morgan fingerprint density at radius 3 is 1.48 bits per heavy atom. The molecule has 0 aliphatic heterocycles. The molecule has 2 aromatic carbocycles. The molecule has 27 heavy (non-hydrogen) atoms. The van der Waals surface area contributed by atoms with Crippen molar-refractivity contribution in [3.63, 3.8) is 0 Å². The lowest BCUT2D eigenvalue weighted by molar-refractivity contribution is -0.385. The lowest BCUT2D eigenvalue weighted by Gasteiger charge is -2.01. The van der Waals surface area contributed by atoms with Crippen LogP contribution >= 0.6 is 34.2 Å². The first-order valence-corrected chi connectivity index (χ1v) is 9.95. The number of carboxylic acid groups (broad SMARTS) is 1. The van der Waals surface area contributed by atoms with Gasteiger partial charge in [-0.2, -0.15) is 12.6 Å². The van der Waals surface area contributed by atoms with E-state index in [0.29, 0.717) is 0 Å². The van der Waals surface area contributed by atoms with Crippen LogP contribution in [-0.4, -0.2) is 32.7 Å². The zero-order valence-electron chi connectivity index (χ0n) is 13.6. The average molecular weight is 430 g/mol. The van der Waals surface area contributed by atoms with Crippen LogP contribution in [0.2, 0.25) is 0 Å². The minimum Gasteiger partial charge on any atom is -0.480 e. The third-order valence-corrected chi connectivity index (χ3v) is 5.65. The summed E-state index contributed by atoms with van der Waals surface area (Å²) in [5.41, 5.74) is 5.04. The third kappa shape index (κ3) is 8.30. The van der Waals surface area contributed by atoms with E-state index in [1.165, 1.54) is 45.9 Å². The minimum atomic E-state index is -1.00. The molecule has 0 amide bonds. The van der Waals surface area contributed by atoms with E-state index in [-0.39, 0.29) is 17.1 Å². The number of hydrogen-bond acceptors (Lipinski definition) is 9. The summed E-state index contributed by atoms with van der Waals surface area (Å²) in [7, 11) is 2.86. The van der Waals surface area contributed by atoms with Crippen LogP contribution in [0.15, 0.2) is 58.3 Å². The molecule has 2 aromatic rings. The van der Waals surface area contributed by atoms with Gasteiger partial charge in [0.15, 0.2) is 0 Å². The van der Waals surface area contributed by atoms with Crippen LogP contribution in [0.25, 0.3) is 0 Å². The summed E-state index contributed by atoms with van der Waals surface area (Å²) < 4.78 is 0. The monoisotopic (exact) mass is 429 g/mol. The van der Waals surface area contributed by atoms with Crippen molar-refractivity contribution in [2.75, 3.05) is 5.75 Å². The fraction of sp³-hybridized carbons (Fsp3) is 0.133. The van der Waals surface area contributed by atoms with E-state index >= 15 is 0 Å². The lowest BCUT2D eigenvalue weighted by Crippen LogP contribution is -2.31. The molecule has 0 radical (unpaired) electrons. The predicted molar refractivity (Wildman–Crippen MR) is 107 cm³/mol. The van der Waals surface area contributed by atoms with E-state index in [4.69, 9.17) is 10.8 Å². The third-order valence-electron chi connectivity index (χ3n) is 2.84. The predicted octanol–water partition coefficient (Wildman–Crippen LogP) is 3.63. The fourth-order valence-electron chi connectivity index (χ4n) is 1.42. The maximum atomic E-state index is 10.5. The first kappa shape index (κ1) is 22.8. The molecule has 0 heterocycles. The summed E-state index contributed by atoms with van der Waals surface area (Å²) in [6, 6.07) is 11.6.